The molecule has 1 aromatic carbocycles. The van der Waals surface area contributed by atoms with Crippen LogP contribution in [0.1, 0.15) is 37.8 Å². The molecule has 0 aliphatic carbocycles. The number of hydrogen-bond acceptors (Lipinski definition) is 3. The van der Waals surface area contributed by atoms with Crippen LogP contribution in [0, 0.1) is 12.8 Å². The Labute approximate surface area is 189 Å². The van der Waals surface area contributed by atoms with Crippen LogP contribution in [0.15, 0.2) is 29.3 Å². The summed E-state index contributed by atoms with van der Waals surface area (Å²) in [6, 6.07) is 9.29. The summed E-state index contributed by atoms with van der Waals surface area (Å²) in [5.41, 5.74) is 2.68. The maximum atomic E-state index is 4.43. The van der Waals surface area contributed by atoms with Crippen LogP contribution in [-0.4, -0.2) is 75.2 Å². The number of guanidine groups is 1. The minimum absolute atomic E-state index is 0. The van der Waals surface area contributed by atoms with Gasteiger partial charge in [0.25, 0.3) is 0 Å². The zero-order valence-electron chi connectivity index (χ0n) is 18.5. The van der Waals surface area contributed by atoms with Crippen molar-refractivity contribution >= 4 is 29.9 Å². The Morgan fingerprint density at radius 3 is 2.29 bits per heavy atom. The monoisotopic (exact) mass is 501 g/mol. The number of hydrogen-bond donors (Lipinski definition) is 2. The largest absolute Gasteiger partial charge is 0.356 e. The van der Waals surface area contributed by atoms with Crippen molar-refractivity contribution in [2.75, 3.05) is 53.4 Å². The molecule has 0 amide bonds. The van der Waals surface area contributed by atoms with Gasteiger partial charge in [0.05, 0.1) is 0 Å². The second kappa shape index (κ2) is 12.6. The van der Waals surface area contributed by atoms with Crippen LogP contribution in [0.2, 0.25) is 0 Å². The van der Waals surface area contributed by atoms with E-state index in [0.29, 0.717) is 17.9 Å². The number of nitrogens with one attached hydrogen (secondary N) is 2. The van der Waals surface area contributed by atoms with Crippen molar-refractivity contribution in [3.05, 3.63) is 35.4 Å². The van der Waals surface area contributed by atoms with E-state index in [1.807, 2.05) is 7.05 Å². The van der Waals surface area contributed by atoms with E-state index in [4.69, 9.17) is 0 Å². The molecule has 0 spiro atoms. The van der Waals surface area contributed by atoms with Crippen LogP contribution >= 0.6 is 24.0 Å². The fourth-order valence-corrected chi connectivity index (χ4v) is 3.71. The highest BCUT2D eigenvalue weighted by Gasteiger charge is 2.25. The second-order valence-corrected chi connectivity index (χ2v) is 8.30. The van der Waals surface area contributed by atoms with Gasteiger partial charge < -0.3 is 15.5 Å². The summed E-state index contributed by atoms with van der Waals surface area (Å²) in [5.74, 6) is 1.96. The van der Waals surface area contributed by atoms with E-state index < -0.39 is 0 Å². The molecule has 1 heterocycles. The van der Waals surface area contributed by atoms with Crippen LogP contribution in [0.3, 0.4) is 0 Å². The van der Waals surface area contributed by atoms with Crippen molar-refractivity contribution in [3.63, 3.8) is 0 Å². The van der Waals surface area contributed by atoms with Crippen molar-refractivity contribution in [2.24, 2.45) is 10.9 Å². The molecule has 2 N–H and O–H groups in total. The second-order valence-electron chi connectivity index (χ2n) is 8.30. The Kier molecular flexibility index (Phi) is 11.4. The third kappa shape index (κ3) is 7.87. The highest BCUT2D eigenvalue weighted by molar-refractivity contribution is 14.0. The number of piperazine rings is 1. The molecule has 0 bridgehead atoms. The van der Waals surface area contributed by atoms with Crippen molar-refractivity contribution in [1.29, 1.82) is 0 Å². The van der Waals surface area contributed by atoms with Crippen molar-refractivity contribution < 1.29 is 0 Å². The molecule has 2 unspecified atom stereocenters. The van der Waals surface area contributed by atoms with Gasteiger partial charge in [0.1, 0.15) is 0 Å². The molecule has 1 aliphatic rings. The molecule has 0 saturated carbocycles. The third-order valence-corrected chi connectivity index (χ3v) is 5.67. The number of rotatable bonds is 7. The molecule has 0 aromatic heterocycles. The average Bonchev–Trinajstić information content (AvgIpc) is 2.65. The topological polar surface area (TPSA) is 42.9 Å². The van der Waals surface area contributed by atoms with Gasteiger partial charge in [0.2, 0.25) is 0 Å². The summed E-state index contributed by atoms with van der Waals surface area (Å²) in [4.78, 5) is 9.46. The molecular formula is C22H40IN5. The molecule has 1 aromatic rings. The molecule has 6 heteroatoms. The molecule has 1 aliphatic heterocycles. The fraction of sp³-hybridized carbons (Fsp3) is 0.682. The maximum absolute atomic E-state index is 4.43. The molecule has 1 saturated heterocycles. The van der Waals surface area contributed by atoms with E-state index in [1.54, 1.807) is 0 Å². The van der Waals surface area contributed by atoms with E-state index in [2.05, 4.69) is 84.4 Å². The van der Waals surface area contributed by atoms with Crippen molar-refractivity contribution in [3.8, 4) is 0 Å². The Bertz CT molecular complexity index is 596. The Hall–Kier alpha value is -0.860. The summed E-state index contributed by atoms with van der Waals surface area (Å²) in [6.45, 7) is 15.5. The van der Waals surface area contributed by atoms with Crippen LogP contribution in [-0.2, 0) is 0 Å². The van der Waals surface area contributed by atoms with E-state index in [-0.39, 0.29) is 24.0 Å². The smallest absolute Gasteiger partial charge is 0.191 e. The minimum atomic E-state index is 0. The zero-order chi connectivity index (χ0) is 19.8. The summed E-state index contributed by atoms with van der Waals surface area (Å²) >= 11 is 0. The van der Waals surface area contributed by atoms with Crippen LogP contribution < -0.4 is 10.6 Å². The maximum Gasteiger partial charge on any atom is 0.191 e. The normalized spacial score (nSPS) is 18.5. The molecule has 0 radical (unpaired) electrons. The SMILES string of the molecule is CN=C(NCC(C)c1cccc(C)c1)NCC(C(C)C)N1CCN(C)CC1.I. The zero-order valence-corrected chi connectivity index (χ0v) is 20.9. The summed E-state index contributed by atoms with van der Waals surface area (Å²) in [5, 5.41) is 7.06. The first kappa shape index (κ1) is 25.2. The number of benzene rings is 1. The molecule has 5 nitrogen and oxygen atoms in total. The summed E-state index contributed by atoms with van der Waals surface area (Å²) < 4.78 is 0. The first-order chi connectivity index (χ1) is 12.9. The van der Waals surface area contributed by atoms with Gasteiger partial charge in [-0.05, 0) is 31.4 Å². The lowest BCUT2D eigenvalue weighted by Gasteiger charge is -2.40. The van der Waals surface area contributed by atoms with Crippen molar-refractivity contribution in [1.82, 2.24) is 20.4 Å². The van der Waals surface area contributed by atoms with Gasteiger partial charge in [-0.25, -0.2) is 0 Å². The molecule has 28 heavy (non-hydrogen) atoms. The Morgan fingerprint density at radius 2 is 1.71 bits per heavy atom. The molecular weight excluding hydrogens is 461 g/mol. The molecule has 2 atom stereocenters. The average molecular weight is 502 g/mol. The quantitative estimate of drug-likeness (QED) is 0.342. The van der Waals surface area contributed by atoms with Gasteiger partial charge in [-0.3, -0.25) is 9.89 Å². The molecule has 160 valence electrons. The van der Waals surface area contributed by atoms with Crippen LogP contribution in [0.5, 0.6) is 0 Å². The summed E-state index contributed by atoms with van der Waals surface area (Å²) in [7, 11) is 4.06. The minimum Gasteiger partial charge on any atom is -0.356 e. The first-order valence-corrected chi connectivity index (χ1v) is 10.3. The summed E-state index contributed by atoms with van der Waals surface area (Å²) in [6.07, 6.45) is 0. The van der Waals surface area contributed by atoms with Gasteiger partial charge in [-0.2, -0.15) is 0 Å². The third-order valence-electron chi connectivity index (χ3n) is 5.67. The molecule has 2 rings (SSSR count). The van der Waals surface area contributed by atoms with Gasteiger partial charge in [-0.1, -0.05) is 50.6 Å². The number of likely N-dealkylation sites (N-methyl/N-ethyl adjacent to an activating group) is 1. The van der Waals surface area contributed by atoms with Gasteiger partial charge in [0.15, 0.2) is 5.96 Å². The highest BCUT2D eigenvalue weighted by atomic mass is 127. The molecule has 1 fully saturated rings. The van der Waals surface area contributed by atoms with E-state index in [9.17, 15) is 0 Å². The lowest BCUT2D eigenvalue weighted by molar-refractivity contribution is 0.0900. The lowest BCUT2D eigenvalue weighted by Crippen LogP contribution is -2.55. The number of aryl methyl sites for hydroxylation is 1. The number of aliphatic imine (C=N–C) groups is 1. The van der Waals surface area contributed by atoms with Gasteiger partial charge in [-0.15, -0.1) is 24.0 Å². The van der Waals surface area contributed by atoms with Crippen LogP contribution in [0.25, 0.3) is 0 Å². The Balaban J connectivity index is 0.00000392. The fourth-order valence-electron chi connectivity index (χ4n) is 3.71. The van der Waals surface area contributed by atoms with Gasteiger partial charge in [0, 0.05) is 52.4 Å². The lowest BCUT2D eigenvalue weighted by atomic mass is 9.99. The van der Waals surface area contributed by atoms with E-state index in [1.165, 1.54) is 11.1 Å². The predicted octanol–water partition coefficient (Wildman–Crippen LogP) is 3.15. The van der Waals surface area contributed by atoms with E-state index in [0.717, 1.165) is 45.2 Å². The van der Waals surface area contributed by atoms with Gasteiger partial charge >= 0.3 is 0 Å². The number of nitrogens with zero attached hydrogens (tertiary/aromatic N) is 3. The van der Waals surface area contributed by atoms with Crippen molar-refractivity contribution in [2.45, 2.75) is 39.7 Å². The van der Waals surface area contributed by atoms with E-state index >= 15 is 0 Å². The standard InChI is InChI=1S/C22H39N5.HI/c1-17(2)21(27-12-10-26(6)11-13-27)16-25-22(23-5)24-15-19(4)20-9-7-8-18(3)14-20;/h7-9,14,17,19,21H,10-13,15-16H2,1-6H3,(H2,23,24,25);1H. The first-order valence-electron chi connectivity index (χ1n) is 10.3. The Morgan fingerprint density at radius 1 is 1.07 bits per heavy atom. The van der Waals surface area contributed by atoms with Crippen LogP contribution in [0.4, 0.5) is 0 Å². The predicted molar refractivity (Wildman–Crippen MR) is 132 cm³/mol. The number of halogens is 1. The highest BCUT2D eigenvalue weighted by Crippen LogP contribution is 2.15.